The van der Waals surface area contributed by atoms with Gasteiger partial charge in [0.1, 0.15) is 5.57 Å². The third kappa shape index (κ3) is 5.38. The van der Waals surface area contributed by atoms with Crippen molar-refractivity contribution >= 4 is 18.0 Å². The molecule has 0 radical (unpaired) electrons. The van der Waals surface area contributed by atoms with Crippen molar-refractivity contribution in [1.82, 2.24) is 0 Å². The molecule has 1 fully saturated rings. The average molecular weight is 396 g/mol. The van der Waals surface area contributed by atoms with Crippen LogP contribution < -0.4 is 9.47 Å². The van der Waals surface area contributed by atoms with Gasteiger partial charge in [0.25, 0.3) is 5.79 Å². The lowest BCUT2D eigenvalue weighted by molar-refractivity contribution is -0.222. The van der Waals surface area contributed by atoms with Gasteiger partial charge in [0.2, 0.25) is 0 Å². The van der Waals surface area contributed by atoms with E-state index in [2.05, 4.69) is 0 Å². The molecule has 0 aromatic heterocycles. The van der Waals surface area contributed by atoms with E-state index in [1.165, 1.54) is 25.5 Å². The molecule has 2 aromatic rings. The normalized spacial score (nSPS) is 15.3. The van der Waals surface area contributed by atoms with Crippen molar-refractivity contribution in [3.8, 4) is 11.5 Å². The number of cyclic esters (lactones) is 2. The second-order valence-electron chi connectivity index (χ2n) is 6.96. The maximum absolute atomic E-state index is 12.1. The summed E-state index contributed by atoms with van der Waals surface area (Å²) in [5, 5.41) is 0. The van der Waals surface area contributed by atoms with E-state index in [0.717, 1.165) is 6.42 Å². The Balaban J connectivity index is 1.75. The highest BCUT2D eigenvalue weighted by atomic mass is 16.7. The summed E-state index contributed by atoms with van der Waals surface area (Å²) in [6.45, 7) is 5.84. The van der Waals surface area contributed by atoms with Crippen LogP contribution in [0.3, 0.4) is 0 Å². The second kappa shape index (κ2) is 8.82. The first-order valence-corrected chi connectivity index (χ1v) is 9.50. The van der Waals surface area contributed by atoms with E-state index in [9.17, 15) is 9.59 Å². The van der Waals surface area contributed by atoms with Crippen LogP contribution in [0.2, 0.25) is 0 Å². The van der Waals surface area contributed by atoms with Gasteiger partial charge in [0.05, 0.1) is 13.2 Å². The average Bonchev–Trinajstić information content (AvgIpc) is 2.66. The maximum Gasteiger partial charge on any atom is 0.348 e. The van der Waals surface area contributed by atoms with Gasteiger partial charge in [-0.3, -0.25) is 0 Å². The number of hydrogen-bond donors (Lipinski definition) is 0. The number of esters is 2. The summed E-state index contributed by atoms with van der Waals surface area (Å²) in [5.74, 6) is -1.56. The largest absolute Gasteiger partial charge is 0.490 e. The molecule has 1 aliphatic rings. The van der Waals surface area contributed by atoms with Crippen molar-refractivity contribution in [3.63, 3.8) is 0 Å². The van der Waals surface area contributed by atoms with Crippen molar-refractivity contribution in [3.05, 3.63) is 65.2 Å². The summed E-state index contributed by atoms with van der Waals surface area (Å²) in [6, 6.07) is 15.3. The van der Waals surface area contributed by atoms with E-state index in [0.29, 0.717) is 30.3 Å². The van der Waals surface area contributed by atoms with Crippen molar-refractivity contribution in [2.45, 2.75) is 33.0 Å². The minimum absolute atomic E-state index is 0.162. The molecule has 29 heavy (non-hydrogen) atoms. The van der Waals surface area contributed by atoms with Gasteiger partial charge in [-0.15, -0.1) is 0 Å². The highest BCUT2D eigenvalue weighted by Gasteiger charge is 2.38. The van der Waals surface area contributed by atoms with Crippen molar-refractivity contribution in [2.75, 3.05) is 13.2 Å². The Morgan fingerprint density at radius 3 is 2.28 bits per heavy atom. The first-order valence-electron chi connectivity index (χ1n) is 9.50. The second-order valence-corrected chi connectivity index (χ2v) is 6.96. The number of carbonyl (C=O) groups excluding carboxylic acids is 2. The van der Waals surface area contributed by atoms with Crippen LogP contribution in [0.25, 0.3) is 6.08 Å². The van der Waals surface area contributed by atoms with Gasteiger partial charge in [-0.1, -0.05) is 36.4 Å². The Morgan fingerprint density at radius 1 is 0.931 bits per heavy atom. The lowest BCUT2D eigenvalue weighted by Crippen LogP contribution is -2.41. The van der Waals surface area contributed by atoms with Crippen molar-refractivity contribution < 1.29 is 28.5 Å². The Morgan fingerprint density at radius 2 is 1.62 bits per heavy atom. The fourth-order valence-corrected chi connectivity index (χ4v) is 2.87. The molecular weight excluding hydrogens is 372 g/mol. The molecular formula is C23H24O6. The molecule has 0 aliphatic carbocycles. The quantitative estimate of drug-likeness (QED) is 0.401. The number of rotatable bonds is 7. The van der Waals surface area contributed by atoms with Crippen LogP contribution in [0, 0.1) is 0 Å². The smallest absolute Gasteiger partial charge is 0.348 e. The van der Waals surface area contributed by atoms with Gasteiger partial charge in [-0.25, -0.2) is 9.59 Å². The number of benzene rings is 2. The van der Waals surface area contributed by atoms with Crippen LogP contribution in [0.4, 0.5) is 0 Å². The van der Waals surface area contributed by atoms with Crippen LogP contribution in [0.5, 0.6) is 11.5 Å². The molecule has 6 nitrogen and oxygen atoms in total. The van der Waals surface area contributed by atoms with Gasteiger partial charge < -0.3 is 18.9 Å². The molecule has 152 valence electrons. The molecule has 1 heterocycles. The predicted molar refractivity (Wildman–Crippen MR) is 107 cm³/mol. The summed E-state index contributed by atoms with van der Waals surface area (Å²) in [4.78, 5) is 24.3. The minimum Gasteiger partial charge on any atom is -0.490 e. The molecule has 0 amide bonds. The van der Waals surface area contributed by atoms with Crippen LogP contribution in [-0.2, 0) is 25.5 Å². The zero-order chi connectivity index (χ0) is 20.9. The summed E-state index contributed by atoms with van der Waals surface area (Å²) in [6.07, 6.45) is 2.20. The monoisotopic (exact) mass is 396 g/mol. The Hall–Kier alpha value is -3.28. The van der Waals surface area contributed by atoms with Crippen molar-refractivity contribution in [2.24, 2.45) is 0 Å². The molecule has 0 spiro atoms. The van der Waals surface area contributed by atoms with E-state index in [1.54, 1.807) is 18.2 Å². The minimum atomic E-state index is -1.27. The van der Waals surface area contributed by atoms with Gasteiger partial charge in [0.15, 0.2) is 11.5 Å². The van der Waals surface area contributed by atoms with E-state index < -0.39 is 17.7 Å². The SMILES string of the molecule is CCOc1cc(C=C2C(=O)OC(C)(C)OC2=O)ccc1OCCc1ccccc1. The van der Waals surface area contributed by atoms with E-state index in [1.807, 2.05) is 37.3 Å². The number of ether oxygens (including phenoxy) is 4. The molecule has 2 aromatic carbocycles. The third-order valence-corrected chi connectivity index (χ3v) is 4.19. The summed E-state index contributed by atoms with van der Waals surface area (Å²) in [5.41, 5.74) is 1.63. The van der Waals surface area contributed by atoms with Gasteiger partial charge in [0, 0.05) is 20.3 Å². The number of hydrogen-bond acceptors (Lipinski definition) is 6. The van der Waals surface area contributed by atoms with Crippen molar-refractivity contribution in [1.29, 1.82) is 0 Å². The maximum atomic E-state index is 12.1. The van der Waals surface area contributed by atoms with E-state index in [-0.39, 0.29) is 5.57 Å². The summed E-state index contributed by atoms with van der Waals surface area (Å²) >= 11 is 0. The fourth-order valence-electron chi connectivity index (χ4n) is 2.87. The zero-order valence-electron chi connectivity index (χ0n) is 16.8. The molecule has 0 atom stereocenters. The summed E-state index contributed by atoms with van der Waals surface area (Å²) < 4.78 is 21.8. The molecule has 0 bridgehead atoms. The number of carbonyl (C=O) groups is 2. The Kier molecular flexibility index (Phi) is 6.22. The fraction of sp³-hybridized carbons (Fsp3) is 0.304. The third-order valence-electron chi connectivity index (χ3n) is 4.19. The lowest BCUT2D eigenvalue weighted by atomic mass is 10.1. The van der Waals surface area contributed by atoms with E-state index >= 15 is 0 Å². The molecule has 6 heteroatoms. The molecule has 0 saturated carbocycles. The first-order chi connectivity index (χ1) is 13.9. The topological polar surface area (TPSA) is 71.1 Å². The molecule has 3 rings (SSSR count). The van der Waals surface area contributed by atoms with Crippen LogP contribution in [-0.4, -0.2) is 30.9 Å². The highest BCUT2D eigenvalue weighted by molar-refractivity contribution is 6.18. The Bertz CT molecular complexity index is 892. The molecule has 0 unspecified atom stereocenters. The first kappa shape index (κ1) is 20.5. The molecule has 1 aliphatic heterocycles. The van der Waals surface area contributed by atoms with Crippen LogP contribution in [0.15, 0.2) is 54.1 Å². The molecule has 0 N–H and O–H groups in total. The zero-order valence-corrected chi connectivity index (χ0v) is 16.8. The van der Waals surface area contributed by atoms with Gasteiger partial charge >= 0.3 is 11.9 Å². The highest BCUT2D eigenvalue weighted by Crippen LogP contribution is 2.31. The van der Waals surface area contributed by atoms with Gasteiger partial charge in [-0.05, 0) is 36.3 Å². The van der Waals surface area contributed by atoms with Gasteiger partial charge in [-0.2, -0.15) is 0 Å². The van der Waals surface area contributed by atoms with E-state index in [4.69, 9.17) is 18.9 Å². The standard InChI is InChI=1S/C23H24O6/c1-4-26-20-15-17(14-18-21(24)28-23(2,3)29-22(18)25)10-11-19(20)27-13-12-16-8-6-5-7-9-16/h5-11,14-15H,4,12-13H2,1-3H3. The summed E-state index contributed by atoms with van der Waals surface area (Å²) in [7, 11) is 0. The Labute approximate surface area is 170 Å². The molecule has 1 saturated heterocycles. The predicted octanol–water partition coefficient (Wildman–Crippen LogP) is 3.93. The van der Waals surface area contributed by atoms with Crippen LogP contribution >= 0.6 is 0 Å². The lowest BCUT2D eigenvalue weighted by Gasteiger charge is -2.29. The van der Waals surface area contributed by atoms with Crippen LogP contribution in [0.1, 0.15) is 31.9 Å².